The van der Waals surface area contributed by atoms with Gasteiger partial charge in [-0.15, -0.1) is 5.10 Å². The first kappa shape index (κ1) is 27.5. The molecule has 190 valence electrons. The molecule has 1 aliphatic carbocycles. The van der Waals surface area contributed by atoms with Crippen LogP contribution in [0.15, 0.2) is 0 Å². The number of hydrogen-bond acceptors (Lipinski definition) is 7. The molecule has 1 aromatic heterocycles. The lowest BCUT2D eigenvalue weighted by atomic mass is 10.0. The zero-order valence-corrected chi connectivity index (χ0v) is 21.0. The Balaban J connectivity index is 1.74. The van der Waals surface area contributed by atoms with Gasteiger partial charge in [0, 0.05) is 24.5 Å². The Morgan fingerprint density at radius 3 is 2.76 bits per heavy atom. The predicted octanol–water partition coefficient (Wildman–Crippen LogP) is 2.02. The van der Waals surface area contributed by atoms with E-state index in [1.54, 1.807) is 7.05 Å². The summed E-state index contributed by atoms with van der Waals surface area (Å²) in [7, 11) is 1.76. The van der Waals surface area contributed by atoms with Crippen LogP contribution < -0.4 is 21.3 Å². The number of ether oxygens (including phenoxy) is 1. The number of carbonyl (C=O) groups excluding carboxylic acids is 1. The number of carbonyl (C=O) groups is 1. The van der Waals surface area contributed by atoms with E-state index < -0.39 is 12.8 Å². The zero-order valence-electron chi connectivity index (χ0n) is 21.0. The van der Waals surface area contributed by atoms with Gasteiger partial charge in [0.05, 0.1) is 37.9 Å². The van der Waals surface area contributed by atoms with Crippen molar-refractivity contribution in [1.29, 1.82) is 0 Å². The molecule has 1 heterocycles. The number of alkyl carbamates (subject to hydrolysis) is 1. The minimum atomic E-state index is -0.415. The first-order chi connectivity index (χ1) is 15.8. The maximum atomic E-state index is 13.2. The molecule has 2 atom stereocenters. The largest absolute Gasteiger partial charge is 0.449 e. The van der Waals surface area contributed by atoms with Crippen molar-refractivity contribution in [3.63, 3.8) is 0 Å². The Morgan fingerprint density at radius 2 is 2.06 bits per heavy atom. The smallest absolute Gasteiger partial charge is 0.408 e. The molecule has 4 N–H and O–H groups in total. The van der Waals surface area contributed by atoms with Crippen molar-refractivity contribution < 1.29 is 13.9 Å². The highest BCUT2D eigenvalue weighted by molar-refractivity contribution is 5.66. The van der Waals surface area contributed by atoms with Crippen LogP contribution >= 0.6 is 0 Å². The van der Waals surface area contributed by atoms with Crippen molar-refractivity contribution in [3.8, 4) is 0 Å². The van der Waals surface area contributed by atoms with Gasteiger partial charge in [0.15, 0.2) is 0 Å². The highest BCUT2D eigenvalue weighted by atomic mass is 19.1. The number of hydrogen-bond donors (Lipinski definition) is 4. The molecule has 1 saturated carbocycles. The second-order valence-corrected chi connectivity index (χ2v) is 9.91. The number of rotatable bonds is 17. The van der Waals surface area contributed by atoms with Crippen LogP contribution in [0.2, 0.25) is 0 Å². The molecule has 33 heavy (non-hydrogen) atoms. The SMILES string of the molecule is CNCNC(=O)OC[C@H]1CC1CCc1nnn(CCNC(C)(C)CCNC(C)C)c1CCF. The van der Waals surface area contributed by atoms with Gasteiger partial charge in [-0.2, -0.15) is 0 Å². The second-order valence-electron chi connectivity index (χ2n) is 9.91. The lowest BCUT2D eigenvalue weighted by Gasteiger charge is -2.27. The number of aryl methyl sites for hydroxylation is 1. The van der Waals surface area contributed by atoms with Crippen LogP contribution in [0, 0.1) is 11.8 Å². The molecule has 0 radical (unpaired) electrons. The third-order valence-corrected chi connectivity index (χ3v) is 6.14. The molecular formula is C23H44FN7O2. The van der Waals surface area contributed by atoms with Gasteiger partial charge in [0.2, 0.25) is 0 Å². The molecule has 9 nitrogen and oxygen atoms in total. The Hall–Kier alpha value is -1.78. The number of amides is 1. The maximum absolute atomic E-state index is 13.2. The van der Waals surface area contributed by atoms with E-state index in [1.807, 2.05) is 4.68 Å². The second kappa shape index (κ2) is 13.8. The van der Waals surface area contributed by atoms with Crippen molar-refractivity contribution in [2.24, 2.45) is 11.8 Å². The molecule has 0 spiro atoms. The van der Waals surface area contributed by atoms with Crippen LogP contribution in [0.5, 0.6) is 0 Å². The summed E-state index contributed by atoms with van der Waals surface area (Å²) in [6, 6.07) is 0.485. The number of nitrogens with zero attached hydrogens (tertiary/aromatic N) is 3. The van der Waals surface area contributed by atoms with Crippen molar-refractivity contribution in [1.82, 2.24) is 36.3 Å². The standard InChI is InChI=1S/C23H44FN7O2/c1-17(2)26-11-9-23(3,4)28-12-13-31-21(8-10-24)20(29-30-31)7-6-18-14-19(18)15-33-22(32)27-16-25-5/h17-19,25-26,28H,6-16H2,1-5H3,(H,27,32)/t18?,19-/m1/s1. The first-order valence-electron chi connectivity index (χ1n) is 12.3. The van der Waals surface area contributed by atoms with E-state index in [-0.39, 0.29) is 5.54 Å². The average Bonchev–Trinajstić information content (AvgIpc) is 3.41. The summed E-state index contributed by atoms with van der Waals surface area (Å²) >= 11 is 0. The highest BCUT2D eigenvalue weighted by Gasteiger charge is 2.37. The van der Waals surface area contributed by atoms with Crippen LogP contribution in [0.3, 0.4) is 0 Å². The Bertz CT molecular complexity index is 711. The molecule has 0 bridgehead atoms. The third kappa shape index (κ3) is 10.4. The Kier molecular flexibility index (Phi) is 11.5. The number of nitrogens with one attached hydrogen (secondary N) is 4. The summed E-state index contributed by atoms with van der Waals surface area (Å²) in [5, 5.41) is 21.2. The first-order valence-corrected chi connectivity index (χ1v) is 12.3. The fourth-order valence-corrected chi connectivity index (χ4v) is 3.95. The molecule has 1 unspecified atom stereocenters. The van der Waals surface area contributed by atoms with Gasteiger partial charge in [-0.05, 0) is 65.0 Å². The fraction of sp³-hybridized carbons (Fsp3) is 0.870. The summed E-state index contributed by atoms with van der Waals surface area (Å²) in [4.78, 5) is 11.5. The normalized spacial score (nSPS) is 18.0. The van der Waals surface area contributed by atoms with Crippen molar-refractivity contribution >= 4 is 6.09 Å². The molecule has 1 fully saturated rings. The van der Waals surface area contributed by atoms with E-state index >= 15 is 0 Å². The third-order valence-electron chi connectivity index (χ3n) is 6.14. The minimum Gasteiger partial charge on any atom is -0.449 e. The molecule has 1 aromatic rings. The van der Waals surface area contributed by atoms with Gasteiger partial charge in [-0.25, -0.2) is 9.48 Å². The molecular weight excluding hydrogens is 425 g/mol. The quantitative estimate of drug-likeness (QED) is 0.259. The van der Waals surface area contributed by atoms with Gasteiger partial charge in [-0.1, -0.05) is 19.1 Å². The van der Waals surface area contributed by atoms with Gasteiger partial charge in [0.25, 0.3) is 0 Å². The summed E-state index contributed by atoms with van der Waals surface area (Å²) < 4.78 is 20.3. The monoisotopic (exact) mass is 469 g/mol. The Morgan fingerprint density at radius 1 is 1.27 bits per heavy atom. The van der Waals surface area contributed by atoms with E-state index in [1.165, 1.54) is 0 Å². The number of alkyl halides is 1. The molecule has 2 rings (SSSR count). The van der Waals surface area contributed by atoms with Gasteiger partial charge in [-0.3, -0.25) is 4.39 Å². The zero-order chi connectivity index (χ0) is 24.3. The molecule has 0 aromatic carbocycles. The van der Waals surface area contributed by atoms with Crippen LogP contribution in [-0.2, 0) is 24.1 Å². The van der Waals surface area contributed by atoms with Gasteiger partial charge in [0.1, 0.15) is 0 Å². The van der Waals surface area contributed by atoms with Crippen LogP contribution in [0.4, 0.5) is 9.18 Å². The van der Waals surface area contributed by atoms with Crippen molar-refractivity contribution in [2.45, 2.75) is 77.9 Å². The molecule has 1 aliphatic rings. The Labute approximate surface area is 198 Å². The molecule has 10 heteroatoms. The molecule has 0 aliphatic heterocycles. The summed E-state index contributed by atoms with van der Waals surface area (Å²) in [5.41, 5.74) is 1.81. The van der Waals surface area contributed by atoms with Crippen molar-refractivity contribution in [3.05, 3.63) is 11.4 Å². The molecule has 1 amide bonds. The fourth-order valence-electron chi connectivity index (χ4n) is 3.95. The predicted molar refractivity (Wildman–Crippen MR) is 128 cm³/mol. The summed E-state index contributed by atoms with van der Waals surface area (Å²) in [6.45, 7) is 11.5. The highest BCUT2D eigenvalue weighted by Crippen LogP contribution is 2.42. The van der Waals surface area contributed by atoms with E-state index in [0.717, 1.165) is 50.2 Å². The van der Waals surface area contributed by atoms with Crippen LogP contribution in [0.1, 0.15) is 58.3 Å². The number of aromatic nitrogens is 3. The van der Waals surface area contributed by atoms with E-state index in [2.05, 4.69) is 59.3 Å². The summed E-state index contributed by atoms with van der Waals surface area (Å²) in [6.07, 6.45) is 3.76. The molecule has 0 saturated heterocycles. The number of halogens is 1. The topological polar surface area (TPSA) is 105 Å². The van der Waals surface area contributed by atoms with Gasteiger partial charge >= 0.3 is 6.09 Å². The van der Waals surface area contributed by atoms with E-state index in [0.29, 0.717) is 44.1 Å². The van der Waals surface area contributed by atoms with Crippen LogP contribution in [-0.4, -0.2) is 72.8 Å². The lowest BCUT2D eigenvalue weighted by Crippen LogP contribution is -2.43. The minimum absolute atomic E-state index is 0.0125. The van der Waals surface area contributed by atoms with E-state index in [4.69, 9.17) is 4.74 Å². The van der Waals surface area contributed by atoms with E-state index in [9.17, 15) is 9.18 Å². The summed E-state index contributed by atoms with van der Waals surface area (Å²) in [5.74, 6) is 0.925. The average molecular weight is 470 g/mol. The van der Waals surface area contributed by atoms with Crippen LogP contribution in [0.25, 0.3) is 0 Å². The van der Waals surface area contributed by atoms with Crippen molar-refractivity contribution in [2.75, 3.05) is 40.1 Å². The maximum Gasteiger partial charge on any atom is 0.408 e. The lowest BCUT2D eigenvalue weighted by molar-refractivity contribution is 0.138. The van der Waals surface area contributed by atoms with Gasteiger partial charge < -0.3 is 26.0 Å².